The number of thioether (sulfide) groups is 1. The molecule has 0 aliphatic rings. The molecule has 33 heavy (non-hydrogen) atoms. The number of nitrogens with zero attached hydrogens (tertiary/aromatic N) is 3. The minimum Gasteiger partial charge on any atom is -0.497 e. The number of amides is 1. The van der Waals surface area contributed by atoms with E-state index in [9.17, 15) is 4.79 Å². The number of hydrogen-bond donors (Lipinski definition) is 0. The lowest BCUT2D eigenvalue weighted by molar-refractivity contribution is -0.118. The summed E-state index contributed by atoms with van der Waals surface area (Å²) in [6.07, 6.45) is 3.97. The summed E-state index contributed by atoms with van der Waals surface area (Å²) in [6.45, 7) is 4.79. The molecule has 0 aliphatic heterocycles. The van der Waals surface area contributed by atoms with E-state index in [-0.39, 0.29) is 5.91 Å². The third-order valence-electron chi connectivity index (χ3n) is 5.30. The molecule has 0 N–H and O–H groups in total. The van der Waals surface area contributed by atoms with Gasteiger partial charge in [0.15, 0.2) is 5.13 Å². The van der Waals surface area contributed by atoms with Gasteiger partial charge >= 0.3 is 0 Å². The van der Waals surface area contributed by atoms with Crippen molar-refractivity contribution in [2.75, 3.05) is 17.8 Å². The van der Waals surface area contributed by atoms with Crippen LogP contribution in [0.15, 0.2) is 71.9 Å². The maximum atomic E-state index is 13.4. The highest BCUT2D eigenvalue weighted by molar-refractivity contribution is 7.99. The van der Waals surface area contributed by atoms with Gasteiger partial charge in [-0.3, -0.25) is 14.7 Å². The molecule has 2 aromatic carbocycles. The number of para-hydroxylation sites is 1. The fourth-order valence-electron chi connectivity index (χ4n) is 3.54. The first-order chi connectivity index (χ1) is 16.0. The average molecular weight is 478 g/mol. The number of anilines is 1. The molecular formula is C26H27N3O2S2. The fourth-order valence-corrected chi connectivity index (χ4v) is 5.40. The van der Waals surface area contributed by atoms with Crippen LogP contribution in [-0.4, -0.2) is 28.7 Å². The highest BCUT2D eigenvalue weighted by Crippen LogP contribution is 2.34. The number of benzene rings is 2. The summed E-state index contributed by atoms with van der Waals surface area (Å²) < 4.78 is 6.32. The van der Waals surface area contributed by atoms with Gasteiger partial charge < -0.3 is 4.74 Å². The zero-order chi connectivity index (χ0) is 23.2. The number of pyridine rings is 1. The summed E-state index contributed by atoms with van der Waals surface area (Å²) >= 11 is 3.24. The van der Waals surface area contributed by atoms with Crippen molar-refractivity contribution in [1.29, 1.82) is 0 Å². The molecule has 0 atom stereocenters. The normalized spacial score (nSPS) is 11.2. The van der Waals surface area contributed by atoms with Gasteiger partial charge in [0.2, 0.25) is 5.91 Å². The summed E-state index contributed by atoms with van der Waals surface area (Å²) in [6, 6.07) is 18.1. The van der Waals surface area contributed by atoms with Crippen molar-refractivity contribution >= 4 is 44.4 Å². The maximum absolute atomic E-state index is 13.4. The second-order valence-corrected chi connectivity index (χ2v) is 10.1. The van der Waals surface area contributed by atoms with Crippen LogP contribution in [-0.2, 0) is 11.3 Å². The van der Waals surface area contributed by atoms with Crippen molar-refractivity contribution in [2.45, 2.75) is 37.6 Å². The molecule has 2 aromatic heterocycles. The lowest BCUT2D eigenvalue weighted by Crippen LogP contribution is -2.30. The summed E-state index contributed by atoms with van der Waals surface area (Å²) in [7, 11) is 1.66. The molecule has 0 saturated carbocycles. The van der Waals surface area contributed by atoms with Crippen LogP contribution in [0.3, 0.4) is 0 Å². The zero-order valence-electron chi connectivity index (χ0n) is 19.0. The number of thiazole rings is 1. The maximum Gasteiger partial charge on any atom is 0.229 e. The Morgan fingerprint density at radius 1 is 1.12 bits per heavy atom. The summed E-state index contributed by atoms with van der Waals surface area (Å²) in [5.74, 6) is 1.95. The SMILES string of the molecule is COc1ccc(SCCC(=O)N(Cc2cccnc2)c2nc3c(C(C)C)cccc3s2)cc1. The first-order valence-corrected chi connectivity index (χ1v) is 12.7. The molecule has 2 heterocycles. The van der Waals surface area contributed by atoms with E-state index in [1.54, 1.807) is 47.5 Å². The van der Waals surface area contributed by atoms with Crippen molar-refractivity contribution in [3.63, 3.8) is 0 Å². The molecular weight excluding hydrogens is 450 g/mol. The van der Waals surface area contributed by atoms with Crippen molar-refractivity contribution < 1.29 is 9.53 Å². The summed E-state index contributed by atoms with van der Waals surface area (Å²) in [4.78, 5) is 25.4. The van der Waals surface area contributed by atoms with Gasteiger partial charge in [-0.1, -0.05) is 43.4 Å². The van der Waals surface area contributed by atoms with Crippen molar-refractivity contribution in [1.82, 2.24) is 9.97 Å². The Hall–Kier alpha value is -2.90. The topological polar surface area (TPSA) is 55.3 Å². The number of methoxy groups -OCH3 is 1. The van der Waals surface area contributed by atoms with Crippen LogP contribution < -0.4 is 9.64 Å². The van der Waals surface area contributed by atoms with Crippen LogP contribution in [0.4, 0.5) is 5.13 Å². The van der Waals surface area contributed by atoms with Crippen molar-refractivity contribution in [3.05, 3.63) is 78.1 Å². The van der Waals surface area contributed by atoms with Crippen LogP contribution in [0.1, 0.15) is 37.3 Å². The van der Waals surface area contributed by atoms with Gasteiger partial charge in [0.25, 0.3) is 0 Å². The molecule has 0 bridgehead atoms. The predicted molar refractivity (Wildman–Crippen MR) is 137 cm³/mol. The quantitative estimate of drug-likeness (QED) is 0.256. The van der Waals surface area contributed by atoms with Crippen LogP contribution in [0.25, 0.3) is 10.2 Å². The van der Waals surface area contributed by atoms with Gasteiger partial charge in [-0.15, -0.1) is 11.8 Å². The number of hydrogen-bond acceptors (Lipinski definition) is 6. The molecule has 0 saturated heterocycles. The Morgan fingerprint density at radius 2 is 1.94 bits per heavy atom. The first kappa shape index (κ1) is 23.3. The lowest BCUT2D eigenvalue weighted by Gasteiger charge is -2.20. The summed E-state index contributed by atoms with van der Waals surface area (Å²) in [5, 5.41) is 0.737. The predicted octanol–water partition coefficient (Wildman–Crippen LogP) is 6.54. The minimum absolute atomic E-state index is 0.0602. The number of aromatic nitrogens is 2. The van der Waals surface area contributed by atoms with E-state index in [4.69, 9.17) is 9.72 Å². The summed E-state index contributed by atoms with van der Waals surface area (Å²) in [5.41, 5.74) is 3.18. The monoisotopic (exact) mass is 477 g/mol. The molecule has 0 spiro atoms. The van der Waals surface area contributed by atoms with Crippen molar-refractivity contribution in [2.24, 2.45) is 0 Å². The van der Waals surface area contributed by atoms with Crippen molar-refractivity contribution in [3.8, 4) is 5.75 Å². The Labute approximate surface area is 202 Å². The van der Waals surface area contributed by atoms with Gasteiger partial charge in [0, 0.05) is 29.5 Å². The second kappa shape index (κ2) is 10.8. The van der Waals surface area contributed by atoms with Gasteiger partial charge in [-0.25, -0.2) is 4.98 Å². The van der Waals surface area contributed by atoms with E-state index >= 15 is 0 Å². The Balaban J connectivity index is 1.54. The highest BCUT2D eigenvalue weighted by atomic mass is 32.2. The van der Waals surface area contributed by atoms with E-state index in [1.165, 1.54) is 5.56 Å². The molecule has 4 aromatic rings. The Kier molecular flexibility index (Phi) is 7.62. The molecule has 4 rings (SSSR count). The van der Waals surface area contributed by atoms with Gasteiger partial charge in [0.1, 0.15) is 5.75 Å². The first-order valence-electron chi connectivity index (χ1n) is 10.9. The molecule has 7 heteroatoms. The standard InChI is InChI=1S/C26H27N3O2S2/c1-18(2)22-7-4-8-23-25(22)28-26(33-23)29(17-19-6-5-14-27-16-19)24(30)13-15-32-21-11-9-20(31-3)10-12-21/h4-12,14,16,18H,13,15,17H2,1-3H3. The van der Waals surface area contributed by atoms with E-state index in [0.717, 1.165) is 31.6 Å². The van der Waals surface area contributed by atoms with E-state index in [0.29, 0.717) is 24.6 Å². The van der Waals surface area contributed by atoms with Gasteiger partial charge in [-0.05, 0) is 53.4 Å². The van der Waals surface area contributed by atoms with E-state index in [1.807, 2.05) is 36.4 Å². The number of carbonyl (C=O) groups is 1. The number of carbonyl (C=O) groups excluding carboxylic acids is 1. The molecule has 170 valence electrons. The number of rotatable bonds is 9. The fraction of sp³-hybridized carbons (Fsp3) is 0.269. The molecule has 0 aliphatic carbocycles. The largest absolute Gasteiger partial charge is 0.497 e. The van der Waals surface area contributed by atoms with E-state index in [2.05, 4.69) is 37.0 Å². The second-order valence-electron chi connectivity index (χ2n) is 7.96. The van der Waals surface area contributed by atoms with Crippen LogP contribution in [0.5, 0.6) is 5.75 Å². The third-order valence-corrected chi connectivity index (χ3v) is 7.36. The molecule has 0 fully saturated rings. The zero-order valence-corrected chi connectivity index (χ0v) is 20.7. The van der Waals surface area contributed by atoms with Crippen LogP contribution in [0.2, 0.25) is 0 Å². The average Bonchev–Trinajstić information content (AvgIpc) is 3.27. The Morgan fingerprint density at radius 3 is 2.64 bits per heavy atom. The smallest absolute Gasteiger partial charge is 0.229 e. The molecule has 0 radical (unpaired) electrons. The lowest BCUT2D eigenvalue weighted by atomic mass is 10.0. The number of ether oxygens (including phenoxy) is 1. The highest BCUT2D eigenvalue weighted by Gasteiger charge is 2.21. The minimum atomic E-state index is 0.0602. The number of fused-ring (bicyclic) bond motifs is 1. The molecule has 5 nitrogen and oxygen atoms in total. The van der Waals surface area contributed by atoms with Crippen LogP contribution >= 0.6 is 23.1 Å². The molecule has 0 unspecified atom stereocenters. The Bertz CT molecular complexity index is 1210. The third kappa shape index (κ3) is 5.72. The van der Waals surface area contributed by atoms with Crippen LogP contribution in [0, 0.1) is 0 Å². The van der Waals surface area contributed by atoms with Gasteiger partial charge in [-0.2, -0.15) is 0 Å². The van der Waals surface area contributed by atoms with E-state index < -0.39 is 0 Å². The molecule has 1 amide bonds. The van der Waals surface area contributed by atoms with Gasteiger partial charge in [0.05, 0.1) is 23.9 Å².